The fourth-order valence-corrected chi connectivity index (χ4v) is 10.5. The first-order valence-corrected chi connectivity index (χ1v) is 23.7. The first-order chi connectivity index (χ1) is 29.2. The molecule has 2 bridgehead atoms. The quantitative estimate of drug-likeness (QED) is 0.236. The number of alkyl carbamates (subject to hydrolysis) is 1. The van der Waals surface area contributed by atoms with Gasteiger partial charge in [-0.3, -0.25) is 19.1 Å². The van der Waals surface area contributed by atoms with Gasteiger partial charge >= 0.3 is 6.09 Å². The summed E-state index contributed by atoms with van der Waals surface area (Å²) in [4.78, 5) is 66.7. The van der Waals surface area contributed by atoms with Gasteiger partial charge in [-0.2, -0.15) is 0 Å². The second kappa shape index (κ2) is 18.8. The normalized spacial score (nSPS) is 29.7. The van der Waals surface area contributed by atoms with E-state index in [0.717, 1.165) is 44.4 Å². The minimum absolute atomic E-state index is 0. The van der Waals surface area contributed by atoms with E-state index < -0.39 is 93.1 Å². The van der Waals surface area contributed by atoms with Crippen molar-refractivity contribution in [1.29, 1.82) is 0 Å². The molecule has 3 N–H and O–H groups in total. The van der Waals surface area contributed by atoms with Crippen molar-refractivity contribution in [1.82, 2.24) is 30.2 Å². The highest BCUT2D eigenvalue weighted by Gasteiger charge is 2.65. The van der Waals surface area contributed by atoms with Crippen LogP contribution in [0, 0.1) is 23.7 Å². The van der Waals surface area contributed by atoms with Gasteiger partial charge in [0.2, 0.25) is 34.1 Å². The van der Waals surface area contributed by atoms with Crippen molar-refractivity contribution in [3.8, 4) is 11.6 Å². The molecule has 3 aliphatic carbocycles. The number of sulfonamides is 1. The molecule has 0 spiro atoms. The molecule has 7 atom stereocenters. The van der Waals surface area contributed by atoms with Gasteiger partial charge in [0, 0.05) is 22.7 Å². The Morgan fingerprint density at radius 2 is 1.76 bits per heavy atom. The van der Waals surface area contributed by atoms with E-state index in [0.29, 0.717) is 48.2 Å². The van der Waals surface area contributed by atoms with Gasteiger partial charge in [-0.25, -0.2) is 32.0 Å². The van der Waals surface area contributed by atoms with E-state index in [1.54, 1.807) is 26.2 Å². The number of carbonyl (C=O) groups is 4. The second-order valence-corrected chi connectivity index (χ2v) is 21.1. The molecule has 1 unspecified atom stereocenters. The Kier molecular flexibility index (Phi) is 14.3. The standard InChI is InChI=1S/C40H54F2N6O9S.C4H10.3H2/c1-5-26-30-22-48(33(26)34(50)46-40(20-24(40)18-31(41)42)36(51)47-58(53,54)38(2)16-17-38)32(49)21-43-37(52)57-39(3)15-9-11-23(39)10-7-6-8-12-28-35(56-30)45-29-19-25(55-4)13-14-27(29)44-28;1-4(2)3;;;/h13-14,19,23-24,26,30-31,33H,5-12,15-18,20-22H2,1-4H3,(H,43,52)(H,46,50)(H,47,51);4H,1-3H3;3*1H/t23-,24-,26-,30+,33?,39-,40-;;;;/m1..../s1. The summed E-state index contributed by atoms with van der Waals surface area (Å²) in [6.07, 6.45) is 2.02. The third-order valence-corrected chi connectivity index (χ3v) is 15.4. The lowest BCUT2D eigenvalue weighted by Crippen LogP contribution is -2.58. The first-order valence-electron chi connectivity index (χ1n) is 22.2. The number of aromatic nitrogens is 2. The van der Waals surface area contributed by atoms with Crippen LogP contribution < -0.4 is 24.8 Å². The highest BCUT2D eigenvalue weighted by atomic mass is 32.2. The minimum atomic E-state index is -4.17. The molecular formula is C44H70F2N6O9S. The summed E-state index contributed by atoms with van der Waals surface area (Å²) < 4.78 is 72.6. The van der Waals surface area contributed by atoms with E-state index in [1.807, 2.05) is 13.0 Å². The van der Waals surface area contributed by atoms with Gasteiger partial charge in [0.1, 0.15) is 41.3 Å². The van der Waals surface area contributed by atoms with E-state index in [9.17, 15) is 36.4 Å². The molecule has 7 rings (SSSR count). The fraction of sp³-hybridized carbons (Fsp3) is 0.727. The van der Waals surface area contributed by atoms with Gasteiger partial charge in [0.25, 0.3) is 5.91 Å². The highest BCUT2D eigenvalue weighted by Crippen LogP contribution is 2.49. The molecule has 5 aliphatic rings. The number of carbonyl (C=O) groups excluding carboxylic acids is 4. The molecule has 15 nitrogen and oxygen atoms in total. The van der Waals surface area contributed by atoms with Crippen LogP contribution >= 0.6 is 0 Å². The molecule has 0 radical (unpaired) electrons. The van der Waals surface area contributed by atoms with Crippen LogP contribution in [0.5, 0.6) is 11.6 Å². The van der Waals surface area contributed by atoms with Crippen molar-refractivity contribution in [2.75, 3.05) is 20.2 Å². The summed E-state index contributed by atoms with van der Waals surface area (Å²) in [7, 11) is -2.63. The third kappa shape index (κ3) is 10.4. The van der Waals surface area contributed by atoms with Crippen molar-refractivity contribution < 1.29 is 54.9 Å². The summed E-state index contributed by atoms with van der Waals surface area (Å²) in [5, 5.41) is 5.22. The van der Waals surface area contributed by atoms with Crippen LogP contribution in [0.2, 0.25) is 0 Å². The van der Waals surface area contributed by atoms with Crippen LogP contribution in [-0.4, -0.2) is 102 Å². The van der Waals surface area contributed by atoms with Gasteiger partial charge in [-0.1, -0.05) is 40.5 Å². The lowest BCUT2D eigenvalue weighted by molar-refractivity contribution is -0.140. The third-order valence-electron chi connectivity index (χ3n) is 13.2. The molecule has 2 aromatic rings. The highest BCUT2D eigenvalue weighted by molar-refractivity contribution is 7.91. The maximum atomic E-state index is 14.6. The van der Waals surface area contributed by atoms with Crippen molar-refractivity contribution in [3.63, 3.8) is 0 Å². The number of aryl methyl sites for hydroxylation is 1. The number of fused-ring (bicyclic) bond motifs is 5. The maximum absolute atomic E-state index is 14.6. The van der Waals surface area contributed by atoms with Gasteiger partial charge in [0.05, 0.1) is 29.4 Å². The van der Waals surface area contributed by atoms with Crippen molar-refractivity contribution in [3.05, 3.63) is 23.9 Å². The van der Waals surface area contributed by atoms with Gasteiger partial charge in [-0.15, -0.1) is 0 Å². The van der Waals surface area contributed by atoms with Crippen LogP contribution in [0.3, 0.4) is 0 Å². The summed E-state index contributed by atoms with van der Waals surface area (Å²) >= 11 is 0. The molecule has 1 aromatic carbocycles. The van der Waals surface area contributed by atoms with Crippen LogP contribution in [0.15, 0.2) is 18.2 Å². The van der Waals surface area contributed by atoms with Crippen LogP contribution in [0.1, 0.15) is 129 Å². The number of nitrogens with zero attached hydrogens (tertiary/aromatic N) is 3. The number of hydrogen-bond acceptors (Lipinski definition) is 11. The number of halogens is 2. The number of benzene rings is 1. The zero-order chi connectivity index (χ0) is 45.2. The SMILES string of the molecule is CC(C)C.CC[C@H]1C(C(=O)N[C@]2(C(=O)NS(=O)(=O)C3(C)CC3)C[C@H]2CC(F)F)N2C[C@@H]1Oc1nc3cc(OC)ccc3nc1CCCCC[C@@H]1CCC[C@@]1(C)OC(=O)NCC2=O.[HH].[HH].[HH]. The molecule has 3 saturated carbocycles. The minimum Gasteiger partial charge on any atom is -0.497 e. The van der Waals surface area contributed by atoms with Gasteiger partial charge in [-0.05, 0) is 108 Å². The lowest BCUT2D eigenvalue weighted by Gasteiger charge is -2.32. The van der Waals surface area contributed by atoms with Gasteiger partial charge < -0.3 is 29.7 Å². The summed E-state index contributed by atoms with van der Waals surface area (Å²) in [5.74, 6) is -2.57. The Bertz CT molecular complexity index is 2120. The van der Waals surface area contributed by atoms with Crippen LogP contribution in [-0.2, 0) is 35.6 Å². The van der Waals surface area contributed by atoms with Crippen molar-refractivity contribution in [2.45, 2.75) is 159 Å². The van der Waals surface area contributed by atoms with E-state index in [1.165, 1.54) is 11.8 Å². The number of alkyl halides is 2. The Hall–Kier alpha value is -4.35. The Morgan fingerprint density at radius 3 is 2.42 bits per heavy atom. The van der Waals surface area contributed by atoms with E-state index in [2.05, 4.69) is 36.1 Å². The summed E-state index contributed by atoms with van der Waals surface area (Å²) in [6.45, 7) is 11.1. The average Bonchev–Trinajstić information content (AvgIpc) is 4.03. The topological polar surface area (TPSA) is 195 Å². The molecule has 62 heavy (non-hydrogen) atoms. The van der Waals surface area contributed by atoms with Gasteiger partial charge in [0.15, 0.2) is 0 Å². The maximum Gasteiger partial charge on any atom is 0.408 e. The zero-order valence-electron chi connectivity index (χ0n) is 37.1. The molecule has 1 aromatic heterocycles. The Morgan fingerprint density at radius 1 is 1.05 bits per heavy atom. The number of ether oxygens (including phenoxy) is 3. The van der Waals surface area contributed by atoms with Crippen molar-refractivity contribution >= 4 is 44.9 Å². The molecule has 2 aliphatic heterocycles. The first kappa shape index (κ1) is 47.1. The second-order valence-electron chi connectivity index (χ2n) is 18.9. The summed E-state index contributed by atoms with van der Waals surface area (Å²) in [5.41, 5.74) is -0.906. The lowest BCUT2D eigenvalue weighted by atomic mass is 9.87. The number of methoxy groups -OCH3 is 1. The molecule has 3 heterocycles. The molecule has 1 saturated heterocycles. The van der Waals surface area contributed by atoms with Crippen LogP contribution in [0.4, 0.5) is 13.6 Å². The van der Waals surface area contributed by atoms with E-state index in [4.69, 9.17) is 24.2 Å². The number of rotatable bonds is 9. The predicted octanol–water partition coefficient (Wildman–Crippen LogP) is 6.95. The fourth-order valence-electron chi connectivity index (χ4n) is 9.21. The Balaban J connectivity index is 0.00000154. The molecule has 4 amide bonds. The molecular weight excluding hydrogens is 827 g/mol. The van der Waals surface area contributed by atoms with E-state index in [-0.39, 0.29) is 35.5 Å². The number of amides is 4. The number of hydrogen-bond donors (Lipinski definition) is 3. The van der Waals surface area contributed by atoms with E-state index >= 15 is 0 Å². The molecule has 350 valence electrons. The number of nitrogens with one attached hydrogen (secondary N) is 3. The zero-order valence-corrected chi connectivity index (χ0v) is 37.9. The predicted molar refractivity (Wildman–Crippen MR) is 233 cm³/mol. The Labute approximate surface area is 368 Å². The van der Waals surface area contributed by atoms with Crippen LogP contribution in [0.25, 0.3) is 11.0 Å². The molecule has 18 heteroatoms. The molecule has 4 fully saturated rings. The van der Waals surface area contributed by atoms with Crippen molar-refractivity contribution in [2.24, 2.45) is 23.7 Å². The smallest absolute Gasteiger partial charge is 0.408 e. The largest absolute Gasteiger partial charge is 0.497 e. The average molecular weight is 897 g/mol. The monoisotopic (exact) mass is 896 g/mol. The summed E-state index contributed by atoms with van der Waals surface area (Å²) in [6, 6.07) is 4.04.